The smallest absolute Gasteiger partial charge is 0.290 e. The van der Waals surface area contributed by atoms with E-state index in [2.05, 4.69) is 20.8 Å². The monoisotopic (exact) mass is 540 g/mol. The van der Waals surface area contributed by atoms with Crippen molar-refractivity contribution in [3.8, 4) is 0 Å². The predicted molar refractivity (Wildman–Crippen MR) is 154 cm³/mol. The van der Waals surface area contributed by atoms with Gasteiger partial charge in [0.25, 0.3) is 0 Å². The van der Waals surface area contributed by atoms with Crippen LogP contribution in [0.3, 0.4) is 0 Å². The molecular weight excluding hydrogens is 492 g/mol. The molecule has 0 radical (unpaired) electrons. The molecule has 6 heteroatoms. The Bertz CT molecular complexity index is 853. The van der Waals surface area contributed by atoms with E-state index in [0.29, 0.717) is 17.5 Å². The molecule has 0 aliphatic rings. The van der Waals surface area contributed by atoms with Crippen LogP contribution < -0.4 is 0 Å². The summed E-state index contributed by atoms with van der Waals surface area (Å²) in [6.45, 7) is 6.53. The number of hydrogen-bond donors (Lipinski definition) is 0. The van der Waals surface area contributed by atoms with E-state index >= 15 is 0 Å². The van der Waals surface area contributed by atoms with Crippen molar-refractivity contribution in [2.24, 2.45) is 0 Å². The SMILES string of the molecule is CCCCCCCCC(OOC(=O)c1ccc(CCCCC)cc1)OOC(=O)c1ccc(CCCCC)cc1. The first-order valence-corrected chi connectivity index (χ1v) is 15.0. The number of hydrogen-bond acceptors (Lipinski definition) is 6. The summed E-state index contributed by atoms with van der Waals surface area (Å²) >= 11 is 0. The zero-order valence-corrected chi connectivity index (χ0v) is 24.3. The molecule has 0 fully saturated rings. The molecule has 0 saturated heterocycles. The maximum absolute atomic E-state index is 12.5. The standard InChI is InChI=1S/C33H48O6/c1-4-7-10-11-12-15-18-31(36-38-32(34)29-23-19-27(20-24-29)16-13-8-5-2)37-39-33(35)30-25-21-28(22-26-30)17-14-9-6-3/h19-26,31H,4-18H2,1-3H3. The molecule has 0 heterocycles. The summed E-state index contributed by atoms with van der Waals surface area (Å²) in [5.74, 6) is -1.23. The minimum absolute atomic E-state index is 0.392. The van der Waals surface area contributed by atoms with E-state index in [4.69, 9.17) is 19.6 Å². The summed E-state index contributed by atoms with van der Waals surface area (Å²) in [7, 11) is 0. The van der Waals surface area contributed by atoms with Crippen LogP contribution in [0.1, 0.15) is 136 Å². The van der Waals surface area contributed by atoms with E-state index in [0.717, 1.165) is 44.9 Å². The van der Waals surface area contributed by atoms with Gasteiger partial charge in [0, 0.05) is 6.42 Å². The molecule has 0 bridgehead atoms. The van der Waals surface area contributed by atoms with Crippen molar-refractivity contribution in [2.45, 2.75) is 123 Å². The van der Waals surface area contributed by atoms with Gasteiger partial charge < -0.3 is 0 Å². The van der Waals surface area contributed by atoms with Crippen LogP contribution in [0.2, 0.25) is 0 Å². The van der Waals surface area contributed by atoms with Crippen LogP contribution in [0, 0.1) is 0 Å². The molecule has 0 aromatic heterocycles. The molecule has 0 aliphatic carbocycles. The van der Waals surface area contributed by atoms with Gasteiger partial charge in [-0.05, 0) is 67.5 Å². The second kappa shape index (κ2) is 20.2. The van der Waals surface area contributed by atoms with Crippen LogP contribution in [0.15, 0.2) is 48.5 Å². The average molecular weight is 541 g/mol. The van der Waals surface area contributed by atoms with Crippen LogP contribution in [-0.2, 0) is 32.4 Å². The fraction of sp³-hybridized carbons (Fsp3) is 0.576. The van der Waals surface area contributed by atoms with Gasteiger partial charge in [0.1, 0.15) is 0 Å². The van der Waals surface area contributed by atoms with Crippen molar-refractivity contribution in [2.75, 3.05) is 0 Å². The third-order valence-corrected chi connectivity index (χ3v) is 6.77. The number of unbranched alkanes of at least 4 members (excludes halogenated alkanes) is 9. The molecule has 2 aromatic carbocycles. The van der Waals surface area contributed by atoms with Gasteiger partial charge in [-0.3, -0.25) is 9.78 Å². The molecule has 0 spiro atoms. The minimum Gasteiger partial charge on any atom is -0.290 e. The molecule has 0 unspecified atom stereocenters. The van der Waals surface area contributed by atoms with Gasteiger partial charge in [0.05, 0.1) is 11.1 Å². The first-order valence-electron chi connectivity index (χ1n) is 15.0. The molecule has 216 valence electrons. The summed E-state index contributed by atoms with van der Waals surface area (Å²) < 4.78 is 0. The Balaban J connectivity index is 1.87. The van der Waals surface area contributed by atoms with E-state index in [9.17, 15) is 9.59 Å². The fourth-order valence-electron chi connectivity index (χ4n) is 4.27. The second-order valence-electron chi connectivity index (χ2n) is 10.2. The Hall–Kier alpha value is -2.70. The van der Waals surface area contributed by atoms with Crippen molar-refractivity contribution < 1.29 is 29.1 Å². The van der Waals surface area contributed by atoms with Crippen LogP contribution in [-0.4, -0.2) is 18.2 Å². The zero-order chi connectivity index (χ0) is 28.1. The summed E-state index contributed by atoms with van der Waals surface area (Å²) in [6.07, 6.45) is 14.8. The van der Waals surface area contributed by atoms with Gasteiger partial charge in [-0.25, -0.2) is 9.59 Å². The van der Waals surface area contributed by atoms with E-state index < -0.39 is 18.2 Å². The number of benzene rings is 2. The number of carbonyl (C=O) groups is 2. The highest BCUT2D eigenvalue weighted by atomic mass is 17.3. The lowest BCUT2D eigenvalue weighted by atomic mass is 10.1. The minimum atomic E-state index is -1.01. The number of rotatable bonds is 21. The summed E-state index contributed by atoms with van der Waals surface area (Å²) in [5, 5.41) is 0. The summed E-state index contributed by atoms with van der Waals surface area (Å²) in [6, 6.07) is 14.7. The molecule has 0 saturated carbocycles. The van der Waals surface area contributed by atoms with Gasteiger partial charge in [-0.1, -0.05) is 103 Å². The van der Waals surface area contributed by atoms with Crippen molar-refractivity contribution in [3.05, 3.63) is 70.8 Å². The zero-order valence-electron chi connectivity index (χ0n) is 24.3. The third-order valence-electron chi connectivity index (χ3n) is 6.77. The highest BCUT2D eigenvalue weighted by molar-refractivity contribution is 5.89. The molecule has 0 amide bonds. The van der Waals surface area contributed by atoms with Gasteiger partial charge in [-0.15, -0.1) is 9.78 Å². The Labute approximate surface area is 235 Å². The van der Waals surface area contributed by atoms with Crippen LogP contribution in [0.4, 0.5) is 0 Å². The summed E-state index contributed by atoms with van der Waals surface area (Å²) in [5.41, 5.74) is 3.16. The van der Waals surface area contributed by atoms with Crippen LogP contribution >= 0.6 is 0 Å². The third kappa shape index (κ3) is 13.8. The van der Waals surface area contributed by atoms with Gasteiger partial charge in [-0.2, -0.15) is 0 Å². The van der Waals surface area contributed by atoms with E-state index in [-0.39, 0.29) is 0 Å². The molecular formula is C33H48O6. The fourth-order valence-corrected chi connectivity index (χ4v) is 4.27. The molecule has 2 aromatic rings. The molecule has 0 N–H and O–H groups in total. The van der Waals surface area contributed by atoms with Gasteiger partial charge in [0.15, 0.2) is 0 Å². The number of aryl methyl sites for hydroxylation is 2. The Morgan fingerprint density at radius 1 is 0.538 bits per heavy atom. The lowest BCUT2D eigenvalue weighted by molar-refractivity contribution is -0.421. The largest absolute Gasteiger partial charge is 0.373 e. The quantitative estimate of drug-likeness (QED) is 0.0680. The highest BCUT2D eigenvalue weighted by Crippen LogP contribution is 2.16. The van der Waals surface area contributed by atoms with Crippen molar-refractivity contribution in [3.63, 3.8) is 0 Å². The van der Waals surface area contributed by atoms with E-state index in [1.807, 2.05) is 24.3 Å². The number of carbonyl (C=O) groups excluding carboxylic acids is 2. The van der Waals surface area contributed by atoms with Gasteiger partial charge in [0.2, 0.25) is 6.29 Å². The van der Waals surface area contributed by atoms with Crippen LogP contribution in [0.5, 0.6) is 0 Å². The molecule has 6 nitrogen and oxygen atoms in total. The highest BCUT2D eigenvalue weighted by Gasteiger charge is 2.19. The predicted octanol–water partition coefficient (Wildman–Crippen LogP) is 9.11. The average Bonchev–Trinajstić information content (AvgIpc) is 2.96. The van der Waals surface area contributed by atoms with Crippen LogP contribution in [0.25, 0.3) is 0 Å². The first-order chi connectivity index (χ1) is 19.1. The molecule has 0 atom stereocenters. The lowest BCUT2D eigenvalue weighted by Gasteiger charge is -2.15. The Kier molecular flexibility index (Phi) is 16.9. The molecule has 0 aliphatic heterocycles. The normalized spacial score (nSPS) is 11.1. The Morgan fingerprint density at radius 3 is 1.36 bits per heavy atom. The molecule has 2 rings (SSSR count). The maximum Gasteiger partial charge on any atom is 0.373 e. The second-order valence-corrected chi connectivity index (χ2v) is 10.2. The summed E-state index contributed by atoms with van der Waals surface area (Å²) in [4.78, 5) is 45.8. The topological polar surface area (TPSA) is 71.1 Å². The van der Waals surface area contributed by atoms with Crippen molar-refractivity contribution in [1.82, 2.24) is 0 Å². The van der Waals surface area contributed by atoms with E-state index in [1.165, 1.54) is 56.1 Å². The van der Waals surface area contributed by atoms with Gasteiger partial charge >= 0.3 is 11.9 Å². The Morgan fingerprint density at radius 2 is 0.923 bits per heavy atom. The lowest BCUT2D eigenvalue weighted by Crippen LogP contribution is -2.22. The van der Waals surface area contributed by atoms with Crippen molar-refractivity contribution >= 4 is 11.9 Å². The maximum atomic E-state index is 12.5. The van der Waals surface area contributed by atoms with Crippen molar-refractivity contribution in [1.29, 1.82) is 0 Å². The molecule has 39 heavy (non-hydrogen) atoms. The first kappa shape index (κ1) is 32.5. The van der Waals surface area contributed by atoms with E-state index in [1.54, 1.807) is 24.3 Å².